The summed E-state index contributed by atoms with van der Waals surface area (Å²) < 4.78 is 16.1. The first-order valence-corrected chi connectivity index (χ1v) is 8.97. The summed E-state index contributed by atoms with van der Waals surface area (Å²) in [6, 6.07) is 7.50. The van der Waals surface area contributed by atoms with Crippen molar-refractivity contribution in [2.24, 2.45) is 5.92 Å². The molecule has 7 heteroatoms. The van der Waals surface area contributed by atoms with Crippen LogP contribution < -0.4 is 9.47 Å². The van der Waals surface area contributed by atoms with Crippen molar-refractivity contribution in [2.45, 2.75) is 18.9 Å². The number of piperidine rings is 1. The fourth-order valence-electron chi connectivity index (χ4n) is 3.47. The van der Waals surface area contributed by atoms with Gasteiger partial charge in [-0.2, -0.15) is 0 Å². The van der Waals surface area contributed by atoms with Crippen molar-refractivity contribution < 1.29 is 23.8 Å². The Labute approximate surface area is 153 Å². The van der Waals surface area contributed by atoms with E-state index in [4.69, 9.17) is 14.2 Å². The maximum absolute atomic E-state index is 12.7. The molecule has 142 valence electrons. The van der Waals surface area contributed by atoms with Gasteiger partial charge in [0.05, 0.1) is 26.1 Å². The summed E-state index contributed by atoms with van der Waals surface area (Å²) in [5, 5.41) is 0. The highest BCUT2D eigenvalue weighted by atomic mass is 16.5. The molecule has 1 aromatic rings. The summed E-state index contributed by atoms with van der Waals surface area (Å²) in [5.74, 6) is 1.32. The Kier molecular flexibility index (Phi) is 5.98. The minimum Gasteiger partial charge on any atom is -0.493 e. The summed E-state index contributed by atoms with van der Waals surface area (Å²) in [6.07, 6.45) is 1.65. The van der Waals surface area contributed by atoms with Gasteiger partial charge in [0.2, 0.25) is 11.8 Å². The highest BCUT2D eigenvalue weighted by Gasteiger charge is 2.38. The van der Waals surface area contributed by atoms with Crippen LogP contribution in [0.15, 0.2) is 24.3 Å². The monoisotopic (exact) mass is 362 g/mol. The van der Waals surface area contributed by atoms with E-state index in [-0.39, 0.29) is 30.4 Å². The first-order valence-electron chi connectivity index (χ1n) is 8.97. The van der Waals surface area contributed by atoms with Crippen molar-refractivity contribution in [3.05, 3.63) is 24.3 Å². The number of para-hydroxylation sites is 2. The van der Waals surface area contributed by atoms with E-state index in [1.807, 2.05) is 29.2 Å². The average Bonchev–Trinajstić information content (AvgIpc) is 2.64. The molecule has 1 atom stereocenters. The molecule has 7 nitrogen and oxygen atoms in total. The molecule has 2 aliphatic heterocycles. The predicted octanol–water partition coefficient (Wildman–Crippen LogP) is 1.17. The molecule has 2 heterocycles. The Balaban J connectivity index is 1.49. The van der Waals surface area contributed by atoms with Gasteiger partial charge < -0.3 is 24.0 Å². The summed E-state index contributed by atoms with van der Waals surface area (Å²) in [5.41, 5.74) is 0. The summed E-state index contributed by atoms with van der Waals surface area (Å²) in [4.78, 5) is 28.2. The van der Waals surface area contributed by atoms with Crippen molar-refractivity contribution in [3.8, 4) is 11.5 Å². The van der Waals surface area contributed by atoms with Crippen LogP contribution in [0.1, 0.15) is 12.8 Å². The number of hydrogen-bond acceptors (Lipinski definition) is 5. The van der Waals surface area contributed by atoms with E-state index in [0.717, 1.165) is 12.8 Å². The third-order valence-corrected chi connectivity index (χ3v) is 4.91. The number of amides is 2. The van der Waals surface area contributed by atoms with Gasteiger partial charge >= 0.3 is 0 Å². The summed E-state index contributed by atoms with van der Waals surface area (Å²) in [7, 11) is 3.12. The van der Waals surface area contributed by atoms with Crippen LogP contribution in [0.3, 0.4) is 0 Å². The Morgan fingerprint density at radius 2 is 1.81 bits per heavy atom. The first kappa shape index (κ1) is 18.5. The van der Waals surface area contributed by atoms with Crippen molar-refractivity contribution in [1.29, 1.82) is 0 Å². The summed E-state index contributed by atoms with van der Waals surface area (Å²) in [6.45, 7) is 2.39. The molecule has 1 aromatic carbocycles. The molecule has 26 heavy (non-hydrogen) atoms. The van der Waals surface area contributed by atoms with E-state index in [2.05, 4.69) is 0 Å². The number of ether oxygens (including phenoxy) is 3. The van der Waals surface area contributed by atoms with E-state index in [1.54, 1.807) is 12.0 Å². The van der Waals surface area contributed by atoms with Crippen molar-refractivity contribution in [1.82, 2.24) is 9.80 Å². The lowest BCUT2D eigenvalue weighted by atomic mass is 9.94. The van der Waals surface area contributed by atoms with Gasteiger partial charge in [0, 0.05) is 20.2 Å². The molecule has 0 N–H and O–H groups in total. The molecule has 2 fully saturated rings. The molecule has 0 unspecified atom stereocenters. The van der Waals surface area contributed by atoms with E-state index < -0.39 is 0 Å². The van der Waals surface area contributed by atoms with Gasteiger partial charge in [-0.1, -0.05) is 12.1 Å². The van der Waals surface area contributed by atoms with Crippen LogP contribution in [0, 0.1) is 5.92 Å². The number of benzene rings is 1. The van der Waals surface area contributed by atoms with Gasteiger partial charge in [0.25, 0.3) is 0 Å². The number of methoxy groups -OCH3 is 2. The molecule has 2 saturated heterocycles. The highest BCUT2D eigenvalue weighted by molar-refractivity contribution is 5.82. The lowest BCUT2D eigenvalue weighted by molar-refractivity contribution is -0.148. The van der Waals surface area contributed by atoms with Crippen molar-refractivity contribution in [3.63, 3.8) is 0 Å². The molecule has 2 amide bonds. The quantitative estimate of drug-likeness (QED) is 0.760. The van der Waals surface area contributed by atoms with Crippen LogP contribution in [-0.2, 0) is 14.3 Å². The molecular weight excluding hydrogens is 336 g/mol. The second kappa shape index (κ2) is 8.40. The zero-order valence-corrected chi connectivity index (χ0v) is 15.3. The van der Waals surface area contributed by atoms with E-state index in [1.165, 1.54) is 7.11 Å². The van der Waals surface area contributed by atoms with Crippen molar-refractivity contribution >= 4 is 11.8 Å². The molecule has 2 aliphatic rings. The smallest absolute Gasteiger partial charge is 0.248 e. The highest BCUT2D eigenvalue weighted by Crippen LogP contribution is 2.29. The lowest BCUT2D eigenvalue weighted by Crippen LogP contribution is -2.59. The number of rotatable bonds is 6. The molecule has 0 spiro atoms. The fraction of sp³-hybridized carbons (Fsp3) is 0.579. The third kappa shape index (κ3) is 4.09. The van der Waals surface area contributed by atoms with Crippen LogP contribution >= 0.6 is 0 Å². The van der Waals surface area contributed by atoms with Crippen LogP contribution in [0.25, 0.3) is 0 Å². The zero-order valence-electron chi connectivity index (χ0n) is 15.3. The predicted molar refractivity (Wildman–Crippen MR) is 95.2 cm³/mol. The number of likely N-dealkylation sites (tertiary alicyclic amines) is 2. The van der Waals surface area contributed by atoms with E-state index >= 15 is 0 Å². The second-order valence-corrected chi connectivity index (χ2v) is 6.75. The molecular formula is C19H26N2O5. The zero-order chi connectivity index (χ0) is 18.5. The number of nitrogens with zero attached hydrogens (tertiary/aromatic N) is 2. The SMILES string of the molecule is COCC(=O)N1CCC[C@@H](C(=O)N2CC(Oc3ccccc3OC)C2)C1. The molecule has 0 aliphatic carbocycles. The standard InChI is InChI=1S/C19H26N2O5/c1-24-13-18(22)20-9-5-6-14(10-20)19(23)21-11-15(12-21)26-17-8-4-3-7-16(17)25-2/h3-4,7-8,14-15H,5-6,9-13H2,1-2H3/t14-/m1/s1. The van der Waals surface area contributed by atoms with Crippen LogP contribution in [0.5, 0.6) is 11.5 Å². The molecule has 0 aromatic heterocycles. The van der Waals surface area contributed by atoms with E-state index in [9.17, 15) is 9.59 Å². The number of hydrogen-bond donors (Lipinski definition) is 0. The minimum absolute atomic E-state index is 0.0231. The average molecular weight is 362 g/mol. The van der Waals surface area contributed by atoms with Gasteiger partial charge in [-0.25, -0.2) is 0 Å². The Bertz CT molecular complexity index is 645. The van der Waals surface area contributed by atoms with Gasteiger partial charge in [0.1, 0.15) is 12.7 Å². The number of carbonyl (C=O) groups excluding carboxylic acids is 2. The second-order valence-electron chi connectivity index (χ2n) is 6.75. The van der Waals surface area contributed by atoms with Crippen LogP contribution in [0.4, 0.5) is 0 Å². The Morgan fingerprint density at radius 3 is 2.50 bits per heavy atom. The normalized spacial score (nSPS) is 20.5. The topological polar surface area (TPSA) is 68.3 Å². The fourth-order valence-corrected chi connectivity index (χ4v) is 3.47. The maximum atomic E-state index is 12.7. The summed E-state index contributed by atoms with van der Waals surface area (Å²) >= 11 is 0. The molecule has 0 radical (unpaired) electrons. The van der Waals surface area contributed by atoms with Gasteiger partial charge in [-0.05, 0) is 25.0 Å². The van der Waals surface area contributed by atoms with Crippen LogP contribution in [0.2, 0.25) is 0 Å². The van der Waals surface area contributed by atoms with Gasteiger partial charge in [-0.15, -0.1) is 0 Å². The first-order chi connectivity index (χ1) is 12.6. The molecule has 3 rings (SSSR count). The lowest BCUT2D eigenvalue weighted by Gasteiger charge is -2.42. The van der Waals surface area contributed by atoms with Crippen molar-refractivity contribution in [2.75, 3.05) is 47.0 Å². The molecule has 0 saturated carbocycles. The Morgan fingerprint density at radius 1 is 1.08 bits per heavy atom. The Hall–Kier alpha value is -2.28. The maximum Gasteiger partial charge on any atom is 0.248 e. The molecule has 0 bridgehead atoms. The van der Waals surface area contributed by atoms with E-state index in [0.29, 0.717) is 37.7 Å². The minimum atomic E-state index is -0.128. The van der Waals surface area contributed by atoms with Gasteiger partial charge in [-0.3, -0.25) is 9.59 Å². The third-order valence-electron chi connectivity index (χ3n) is 4.91. The van der Waals surface area contributed by atoms with Gasteiger partial charge in [0.15, 0.2) is 11.5 Å². The number of carbonyl (C=O) groups is 2. The van der Waals surface area contributed by atoms with Crippen LogP contribution in [-0.4, -0.2) is 74.7 Å². The largest absolute Gasteiger partial charge is 0.493 e.